The molecule has 5 rings (SSSR count). The summed E-state index contributed by atoms with van der Waals surface area (Å²) in [5, 5.41) is 12.0. The molecule has 3 atom stereocenters. The van der Waals surface area contributed by atoms with Gasteiger partial charge < -0.3 is 31.3 Å². The van der Waals surface area contributed by atoms with Gasteiger partial charge in [0.2, 0.25) is 5.91 Å². The van der Waals surface area contributed by atoms with Crippen LogP contribution in [0.5, 0.6) is 0 Å². The molecule has 1 saturated carbocycles. The number of fused-ring (bicyclic) bond motifs is 1. The first-order chi connectivity index (χ1) is 19.0. The first-order valence-corrected chi connectivity index (χ1v) is 13.9. The smallest absolute Gasteiger partial charge is 0.354 e. The number of amides is 3. The molecule has 216 valence electrons. The maximum atomic E-state index is 12.8. The minimum atomic E-state index is -1.35. The number of benzene rings is 1. The van der Waals surface area contributed by atoms with Crippen molar-refractivity contribution in [2.24, 2.45) is 22.8 Å². The van der Waals surface area contributed by atoms with Crippen molar-refractivity contribution in [3.8, 4) is 5.69 Å². The Bertz CT molecular complexity index is 1330. The zero-order valence-corrected chi connectivity index (χ0v) is 23.3. The Morgan fingerprint density at radius 3 is 2.55 bits per heavy atom. The summed E-state index contributed by atoms with van der Waals surface area (Å²) < 4.78 is 1.46. The normalized spacial score (nSPS) is 24.0. The molecule has 0 spiro atoms. The Balaban J connectivity index is 1.15. The van der Waals surface area contributed by atoms with Gasteiger partial charge >= 0.3 is 11.7 Å². The number of likely N-dealkylation sites (tertiary alicyclic amines) is 1. The quantitative estimate of drug-likeness (QED) is 0.348. The highest BCUT2D eigenvalue weighted by Gasteiger charge is 2.58. The highest BCUT2D eigenvalue weighted by atomic mass is 16.3. The fourth-order valence-electron chi connectivity index (χ4n) is 5.98. The summed E-state index contributed by atoms with van der Waals surface area (Å²) >= 11 is 0. The number of aromatic nitrogens is 2. The number of nitrogens with zero attached hydrogens (tertiary/aromatic N) is 5. The largest absolute Gasteiger partial charge is 0.394 e. The molecule has 1 aliphatic carbocycles. The topological polar surface area (TPSA) is 163 Å². The van der Waals surface area contributed by atoms with Gasteiger partial charge in [-0.25, -0.2) is 9.59 Å². The Kier molecular flexibility index (Phi) is 7.71. The first kappa shape index (κ1) is 28.2. The van der Waals surface area contributed by atoms with Gasteiger partial charge in [-0.2, -0.15) is 4.98 Å². The summed E-state index contributed by atoms with van der Waals surface area (Å²) in [5.41, 5.74) is 13.5. The molecule has 12 nitrogen and oxygen atoms in total. The lowest BCUT2D eigenvalue weighted by molar-refractivity contribution is -0.139. The molecule has 6 N–H and O–H groups in total. The molecule has 12 heteroatoms. The van der Waals surface area contributed by atoms with E-state index in [1.807, 2.05) is 12.1 Å². The van der Waals surface area contributed by atoms with Crippen LogP contribution >= 0.6 is 0 Å². The summed E-state index contributed by atoms with van der Waals surface area (Å²) in [6.07, 6.45) is 3.84. The predicted molar refractivity (Wildman–Crippen MR) is 151 cm³/mol. The van der Waals surface area contributed by atoms with Gasteiger partial charge in [-0.15, -0.1) is 0 Å². The van der Waals surface area contributed by atoms with E-state index < -0.39 is 23.9 Å². The summed E-state index contributed by atoms with van der Waals surface area (Å²) in [6, 6.07) is 7.18. The molecule has 3 heterocycles. The summed E-state index contributed by atoms with van der Waals surface area (Å²) in [4.78, 5) is 47.7. The van der Waals surface area contributed by atoms with E-state index in [4.69, 9.17) is 11.5 Å². The second-order valence-electron chi connectivity index (χ2n) is 11.8. The molecular weight excluding hydrogens is 512 g/mol. The van der Waals surface area contributed by atoms with Crippen molar-refractivity contribution >= 4 is 17.8 Å². The molecule has 3 fully saturated rings. The Hall–Kier alpha value is -3.32. The number of rotatable bonds is 8. The maximum Gasteiger partial charge on any atom is 0.354 e. The Morgan fingerprint density at radius 1 is 1.20 bits per heavy atom. The fraction of sp³-hybridized carbons (Fsp3) is 0.571. The molecule has 2 aliphatic heterocycles. The molecule has 2 aromatic rings. The van der Waals surface area contributed by atoms with E-state index in [0.29, 0.717) is 31.6 Å². The summed E-state index contributed by atoms with van der Waals surface area (Å²) in [6.45, 7) is 8.32. The number of anilines is 1. The maximum absolute atomic E-state index is 12.8. The zero-order chi connectivity index (χ0) is 28.7. The summed E-state index contributed by atoms with van der Waals surface area (Å²) in [7, 11) is 0. The van der Waals surface area contributed by atoms with Gasteiger partial charge in [0.05, 0.1) is 12.3 Å². The van der Waals surface area contributed by atoms with Gasteiger partial charge in [0.25, 0.3) is 0 Å². The van der Waals surface area contributed by atoms with E-state index in [2.05, 4.69) is 28.2 Å². The number of carbonyl (C=O) groups excluding carboxylic acids is 2. The predicted octanol–water partition coefficient (Wildman–Crippen LogP) is -0.250. The standard InChI is InChI=1S/C28H40N8O4/c1-19-13-22(4-3-20(19)5-7-33-15-21-14-28(21,16-29)17-33)36-8-6-23(32-26(36)40)31-25(39)35-11-9-34(10-12-35)24(38)27(2,30)18-37/h3-4,6,8,13,21,37H,5,7,9-12,14-18,29-30H2,1-2H3,(H,31,32,39,40)/t21?,27-,28?/m0/s1. The van der Waals surface area contributed by atoms with Crippen LogP contribution in [0.3, 0.4) is 0 Å². The first-order valence-electron chi connectivity index (χ1n) is 13.9. The van der Waals surface area contributed by atoms with Gasteiger partial charge in [-0.1, -0.05) is 6.07 Å². The number of aliphatic hydroxyl groups excluding tert-OH is 1. The number of hydrogen-bond acceptors (Lipinski definition) is 8. The number of nitrogens with one attached hydrogen (secondary N) is 1. The molecule has 1 aromatic heterocycles. The van der Waals surface area contributed by atoms with Crippen molar-refractivity contribution in [2.45, 2.75) is 32.2 Å². The van der Waals surface area contributed by atoms with E-state index >= 15 is 0 Å². The molecule has 40 heavy (non-hydrogen) atoms. The SMILES string of the molecule is Cc1cc(-n2ccc(NC(=O)N3CCN(C(=O)[C@@](C)(N)CO)CC3)nc2=O)ccc1CCN1CC2CC2(CN)C1. The van der Waals surface area contributed by atoms with Crippen molar-refractivity contribution in [3.63, 3.8) is 0 Å². The zero-order valence-electron chi connectivity index (χ0n) is 23.3. The van der Waals surface area contributed by atoms with E-state index in [1.165, 1.54) is 28.4 Å². The number of piperidine rings is 1. The monoisotopic (exact) mass is 552 g/mol. The third-order valence-corrected chi connectivity index (χ3v) is 8.79. The molecular formula is C28H40N8O4. The average molecular weight is 553 g/mol. The molecule has 1 aromatic carbocycles. The van der Waals surface area contributed by atoms with Crippen LogP contribution in [-0.4, -0.2) is 106 Å². The number of urea groups is 1. The third-order valence-electron chi connectivity index (χ3n) is 8.79. The summed E-state index contributed by atoms with van der Waals surface area (Å²) in [5.74, 6) is 0.577. The van der Waals surface area contributed by atoms with Crippen LogP contribution < -0.4 is 22.5 Å². The van der Waals surface area contributed by atoms with Crippen LogP contribution in [0.15, 0.2) is 35.3 Å². The molecule has 3 aliphatic rings. The molecule has 3 amide bonds. The average Bonchev–Trinajstić information content (AvgIpc) is 3.51. The number of hydrogen-bond donors (Lipinski definition) is 4. The van der Waals surface area contributed by atoms with Crippen LogP contribution in [0.2, 0.25) is 0 Å². The van der Waals surface area contributed by atoms with Crippen LogP contribution in [0.4, 0.5) is 10.6 Å². The number of carbonyl (C=O) groups is 2. The highest BCUT2D eigenvalue weighted by molar-refractivity contribution is 5.89. The molecule has 2 saturated heterocycles. The van der Waals surface area contributed by atoms with Crippen LogP contribution in [0, 0.1) is 18.3 Å². The van der Waals surface area contributed by atoms with Gasteiger partial charge in [0.15, 0.2) is 0 Å². The van der Waals surface area contributed by atoms with Crippen molar-refractivity contribution in [1.82, 2.24) is 24.3 Å². The van der Waals surface area contributed by atoms with Crippen molar-refractivity contribution in [3.05, 3.63) is 52.1 Å². The molecule has 2 unspecified atom stereocenters. The molecule has 0 bridgehead atoms. The lowest BCUT2D eigenvalue weighted by atomic mass is 10.0. The van der Waals surface area contributed by atoms with E-state index in [0.717, 1.165) is 49.8 Å². The van der Waals surface area contributed by atoms with Crippen molar-refractivity contribution in [1.29, 1.82) is 0 Å². The second kappa shape index (κ2) is 10.9. The van der Waals surface area contributed by atoms with Crippen molar-refractivity contribution in [2.75, 3.05) is 64.3 Å². The number of aliphatic hydroxyl groups is 1. The van der Waals surface area contributed by atoms with E-state index in [1.54, 1.807) is 17.2 Å². The fourth-order valence-corrected chi connectivity index (χ4v) is 5.98. The van der Waals surface area contributed by atoms with E-state index in [-0.39, 0.29) is 11.7 Å². The number of piperazine rings is 1. The Morgan fingerprint density at radius 2 is 1.93 bits per heavy atom. The van der Waals surface area contributed by atoms with Crippen LogP contribution in [0.1, 0.15) is 24.5 Å². The third kappa shape index (κ3) is 5.62. The van der Waals surface area contributed by atoms with Gasteiger partial charge in [0.1, 0.15) is 11.4 Å². The Labute approximate surface area is 233 Å². The molecule has 0 radical (unpaired) electrons. The van der Waals surface area contributed by atoms with Crippen LogP contribution in [-0.2, 0) is 11.2 Å². The van der Waals surface area contributed by atoms with Gasteiger partial charge in [-0.3, -0.25) is 14.7 Å². The van der Waals surface area contributed by atoms with Gasteiger partial charge in [0, 0.05) is 52.0 Å². The van der Waals surface area contributed by atoms with Crippen molar-refractivity contribution < 1.29 is 14.7 Å². The van der Waals surface area contributed by atoms with Crippen LogP contribution in [0.25, 0.3) is 5.69 Å². The highest BCUT2D eigenvalue weighted by Crippen LogP contribution is 2.56. The minimum Gasteiger partial charge on any atom is -0.394 e. The second-order valence-corrected chi connectivity index (χ2v) is 11.8. The number of nitrogens with two attached hydrogens (primary N) is 2. The number of aryl methyl sites for hydroxylation is 1. The minimum absolute atomic E-state index is 0.159. The lowest BCUT2D eigenvalue weighted by Crippen LogP contribution is -2.60. The van der Waals surface area contributed by atoms with E-state index in [9.17, 15) is 19.5 Å². The lowest BCUT2D eigenvalue weighted by Gasteiger charge is -2.37. The van der Waals surface area contributed by atoms with Gasteiger partial charge in [-0.05, 0) is 73.9 Å².